The number of hydrogen-bond acceptors (Lipinski definition) is 18. The van der Waals surface area contributed by atoms with Gasteiger partial charge in [0.2, 0.25) is 0 Å². The number of hydrogen-bond donors (Lipinski definition) is 2. The predicted molar refractivity (Wildman–Crippen MR) is 213 cm³/mol. The normalized spacial score (nSPS) is 38.6. The quantitative estimate of drug-likeness (QED) is 0.115. The van der Waals surface area contributed by atoms with Crippen LogP contribution in [-0.2, 0) is 54.3 Å². The summed E-state index contributed by atoms with van der Waals surface area (Å²) < 4.78 is 47.2. The Balaban J connectivity index is 1.52. The molecular formula is C40H58FN7O11S. The van der Waals surface area contributed by atoms with E-state index in [9.17, 15) is 24.3 Å². The zero-order chi connectivity index (χ0) is 44.5. The molecule has 3 N–H and O–H groups in total. The molecule has 20 heteroatoms. The number of methoxy groups -OCH3 is 1. The molecule has 0 saturated carbocycles. The average Bonchev–Trinajstić information content (AvgIpc) is 3.79. The van der Waals surface area contributed by atoms with Crippen LogP contribution in [0.5, 0.6) is 0 Å². The zero-order valence-electron chi connectivity index (χ0n) is 36.0. The number of Topliss-reactive ketones (excluding diaryl/α,β-unsaturated/α-hetero) is 2. The molecule has 0 aliphatic carbocycles. The number of aliphatic hydroxyl groups excluding tert-OH is 1. The summed E-state index contributed by atoms with van der Waals surface area (Å²) in [5.74, 6) is -9.71. The zero-order valence-corrected chi connectivity index (χ0v) is 36.8. The molecule has 2 aromatic heterocycles. The van der Waals surface area contributed by atoms with Crippen molar-refractivity contribution in [1.82, 2.24) is 25.1 Å². The van der Waals surface area contributed by atoms with Crippen molar-refractivity contribution >= 4 is 40.7 Å². The summed E-state index contributed by atoms with van der Waals surface area (Å²) in [4.78, 5) is 72.5. The molecule has 332 valence electrons. The number of oxime groups is 1. The number of cyclic esters (lactones) is 1. The number of amidine groups is 1. The van der Waals surface area contributed by atoms with Gasteiger partial charge in [0.15, 0.2) is 46.0 Å². The first kappa shape index (κ1) is 47.0. The van der Waals surface area contributed by atoms with Gasteiger partial charge in [0, 0.05) is 49.2 Å². The highest BCUT2D eigenvalue weighted by Gasteiger charge is 2.63. The molecule has 0 radical (unpaired) electrons. The van der Waals surface area contributed by atoms with Crippen molar-refractivity contribution < 1.29 is 57.2 Å². The first-order valence-corrected chi connectivity index (χ1v) is 20.9. The second kappa shape index (κ2) is 18.5. The van der Waals surface area contributed by atoms with Gasteiger partial charge in [-0.1, -0.05) is 44.2 Å². The summed E-state index contributed by atoms with van der Waals surface area (Å²) in [7, 11) is 4.97. The van der Waals surface area contributed by atoms with E-state index >= 15 is 4.39 Å². The Morgan fingerprint density at radius 2 is 1.75 bits per heavy atom. The number of aromatic nitrogens is 4. The van der Waals surface area contributed by atoms with Crippen molar-refractivity contribution in [3.05, 3.63) is 23.5 Å². The molecule has 0 amide bonds. The molecule has 0 bridgehead atoms. The summed E-state index contributed by atoms with van der Waals surface area (Å²) >= 11 is 1.16. The lowest BCUT2D eigenvalue weighted by Crippen LogP contribution is -2.61. The molecule has 14 atom stereocenters. The van der Waals surface area contributed by atoms with Crippen molar-refractivity contribution in [2.24, 2.45) is 40.5 Å². The van der Waals surface area contributed by atoms with Crippen LogP contribution in [0.4, 0.5) is 4.39 Å². The maximum atomic E-state index is 16.9. The van der Waals surface area contributed by atoms with Crippen LogP contribution in [0.1, 0.15) is 79.7 Å². The lowest BCUT2D eigenvalue weighted by atomic mass is 9.67. The molecule has 3 fully saturated rings. The molecule has 0 unspecified atom stereocenters. The number of halogens is 1. The summed E-state index contributed by atoms with van der Waals surface area (Å²) in [6.45, 7) is 11.8. The number of likely N-dealkylation sites (N-methyl/N-ethyl adjacent to an activating group) is 1. The van der Waals surface area contributed by atoms with E-state index in [2.05, 4.69) is 25.3 Å². The molecular weight excluding hydrogens is 806 g/mol. The van der Waals surface area contributed by atoms with E-state index in [1.54, 1.807) is 60.3 Å². The van der Waals surface area contributed by atoms with Gasteiger partial charge in [-0.15, -0.1) is 10.2 Å². The molecule has 18 nitrogen and oxygen atoms in total. The Morgan fingerprint density at radius 3 is 2.37 bits per heavy atom. The highest BCUT2D eigenvalue weighted by Crippen LogP contribution is 2.48. The third kappa shape index (κ3) is 9.23. The second-order valence-corrected chi connectivity index (χ2v) is 17.9. The van der Waals surface area contributed by atoms with E-state index in [0.29, 0.717) is 22.3 Å². The number of nitrogens with zero attached hydrogens (tertiary/aromatic N) is 6. The second-order valence-electron chi connectivity index (χ2n) is 16.9. The Bertz CT molecular complexity index is 1900. The Labute approximate surface area is 353 Å². The summed E-state index contributed by atoms with van der Waals surface area (Å²) in [6, 6.07) is 1.28. The molecule has 5 heterocycles. The Morgan fingerprint density at radius 1 is 1.08 bits per heavy atom. The van der Waals surface area contributed by atoms with Gasteiger partial charge in [0.1, 0.15) is 23.9 Å². The monoisotopic (exact) mass is 863 g/mol. The van der Waals surface area contributed by atoms with E-state index < -0.39 is 94.8 Å². The topological polar surface area (TPSA) is 237 Å². The number of rotatable bonds is 10. The molecule has 3 aliphatic heterocycles. The maximum absolute atomic E-state index is 16.9. The maximum Gasteiger partial charge on any atom is 0.351 e. The van der Waals surface area contributed by atoms with E-state index in [1.807, 2.05) is 11.8 Å². The number of esters is 2. The smallest absolute Gasteiger partial charge is 0.351 e. The molecule has 60 heavy (non-hydrogen) atoms. The van der Waals surface area contributed by atoms with Crippen molar-refractivity contribution in [2.75, 3.05) is 21.2 Å². The largest absolute Gasteiger partial charge is 0.455 e. The number of aliphatic hydroxyl groups is 1. The standard InChI is InChI=1S/C40H58FN7O11S/c1-12-24-40(8)27(26(35(52)59-40)32(42)47-55-18-25-45-46-34(60-25)33-43-14-13-15-44-33)21(4)28(49)19(2)17-38(6,54-11)31(22(5)30(51)39(7,41)37(53)57-24)58-36-29(50)23(48(9)10)16-20(3)56-36/h13-15,19-24,26-27,29,31,36,50H,12,16-18H2,1-11H3,(H2,42,47)/t19-,20-,21-,22+,23+,24-,26-,27+,29-,31-,36+,38-,39+,40+/m1/s1. The number of fused-ring (bicyclic) bond motifs is 1. The third-order valence-corrected chi connectivity index (χ3v) is 13.2. The highest BCUT2D eigenvalue weighted by atomic mass is 32.1. The van der Waals surface area contributed by atoms with Gasteiger partial charge in [0.25, 0.3) is 5.67 Å². The fourth-order valence-corrected chi connectivity index (χ4v) is 9.67. The van der Waals surface area contributed by atoms with E-state index in [0.717, 1.165) is 18.3 Å². The van der Waals surface area contributed by atoms with E-state index in [-0.39, 0.29) is 37.2 Å². The highest BCUT2D eigenvalue weighted by molar-refractivity contribution is 7.14. The SMILES string of the molecule is CC[C@H]1OC(=O)[C@@](C)(F)C(=O)[C@H](C)[C@@H](O[C@@H]2O[C@H](C)C[C@H](N(C)C)[C@H]2O)[C@](C)(OC)C[C@@H](C)C(=O)[C@H](C)[C@H]2[C@H](/C(N)=N\OCc3nnc(-c4ncccn4)s3)C(=O)O[C@]21C. The summed E-state index contributed by atoms with van der Waals surface area (Å²) in [6.07, 6.45) is -2.04. The summed E-state index contributed by atoms with van der Waals surface area (Å²) in [5.41, 5.74) is -0.0377. The molecule has 2 aromatic rings. The lowest BCUT2D eigenvalue weighted by Gasteiger charge is -2.47. The fraction of sp³-hybridized carbons (Fsp3) is 0.725. The molecule has 3 saturated heterocycles. The van der Waals surface area contributed by atoms with Crippen LogP contribution in [0.15, 0.2) is 23.6 Å². The molecule has 0 aromatic carbocycles. The lowest BCUT2D eigenvalue weighted by molar-refractivity contribution is -0.295. The first-order valence-electron chi connectivity index (χ1n) is 20.1. The van der Waals surface area contributed by atoms with E-state index in [1.165, 1.54) is 21.0 Å². The van der Waals surface area contributed by atoms with Crippen LogP contribution >= 0.6 is 11.3 Å². The number of carbonyl (C=O) groups excluding carboxylic acids is 4. The molecule has 3 aliphatic rings. The minimum atomic E-state index is -3.24. The van der Waals surface area contributed by atoms with Gasteiger partial charge in [-0.3, -0.25) is 14.4 Å². The third-order valence-electron chi connectivity index (χ3n) is 12.3. The van der Waals surface area contributed by atoms with Crippen LogP contribution in [0.2, 0.25) is 0 Å². The minimum Gasteiger partial charge on any atom is -0.455 e. The fourth-order valence-electron chi connectivity index (χ4n) is 8.98. The number of nitrogens with two attached hydrogens (primary N) is 1. The van der Waals surface area contributed by atoms with Gasteiger partial charge in [-0.2, -0.15) is 0 Å². The van der Waals surface area contributed by atoms with Gasteiger partial charge < -0.3 is 44.3 Å². The van der Waals surface area contributed by atoms with Crippen LogP contribution < -0.4 is 5.73 Å². The molecule has 5 rings (SSSR count). The van der Waals surface area contributed by atoms with E-state index in [4.69, 9.17) is 34.3 Å². The summed E-state index contributed by atoms with van der Waals surface area (Å²) in [5, 5.41) is 24.4. The van der Waals surface area contributed by atoms with Crippen LogP contribution in [-0.4, -0.2) is 134 Å². The van der Waals surface area contributed by atoms with Crippen molar-refractivity contribution in [3.8, 4) is 10.8 Å². The van der Waals surface area contributed by atoms with Gasteiger partial charge in [0.05, 0.1) is 17.8 Å². The number of ether oxygens (including phenoxy) is 5. The predicted octanol–water partition coefficient (Wildman–Crippen LogP) is 3.05. The first-order chi connectivity index (χ1) is 28.1. The van der Waals surface area contributed by atoms with Crippen LogP contribution in [0, 0.1) is 29.6 Å². The molecule has 0 spiro atoms. The van der Waals surface area contributed by atoms with Crippen molar-refractivity contribution in [3.63, 3.8) is 0 Å². The Kier molecular flexibility index (Phi) is 14.5. The number of carbonyl (C=O) groups is 4. The van der Waals surface area contributed by atoms with Gasteiger partial charge in [-0.05, 0) is 67.1 Å². The van der Waals surface area contributed by atoms with Crippen molar-refractivity contribution in [1.29, 1.82) is 0 Å². The Hall–Kier alpha value is -4.08. The van der Waals surface area contributed by atoms with Gasteiger partial charge in [-0.25, -0.2) is 19.2 Å². The number of ketones is 2. The van der Waals surface area contributed by atoms with Crippen LogP contribution in [0.3, 0.4) is 0 Å². The minimum absolute atomic E-state index is 0.0112. The van der Waals surface area contributed by atoms with Crippen LogP contribution in [0.25, 0.3) is 10.8 Å². The van der Waals surface area contributed by atoms with Gasteiger partial charge >= 0.3 is 11.9 Å². The number of alkyl halides is 1. The average molecular weight is 864 g/mol. The van der Waals surface area contributed by atoms with Crippen molar-refractivity contribution in [2.45, 2.75) is 135 Å².